The van der Waals surface area contributed by atoms with E-state index in [-0.39, 0.29) is 5.75 Å². The van der Waals surface area contributed by atoms with E-state index in [0.29, 0.717) is 30.4 Å². The van der Waals surface area contributed by atoms with Crippen molar-refractivity contribution in [2.24, 2.45) is 0 Å². The van der Waals surface area contributed by atoms with E-state index in [1.807, 2.05) is 6.07 Å². The van der Waals surface area contributed by atoms with E-state index >= 15 is 0 Å². The molecule has 0 spiro atoms. The van der Waals surface area contributed by atoms with E-state index in [1.165, 1.54) is 10.5 Å². The number of methoxy groups -OCH3 is 1. The van der Waals surface area contributed by atoms with Crippen molar-refractivity contribution in [3.8, 4) is 11.5 Å². The molecule has 96 valence electrons. The van der Waals surface area contributed by atoms with Crippen LogP contribution in [-0.2, 0) is 17.8 Å². The molecule has 4 nitrogen and oxygen atoms in total. The highest BCUT2D eigenvalue weighted by Crippen LogP contribution is 2.31. The highest BCUT2D eigenvalue weighted by atomic mass is 16.5. The van der Waals surface area contributed by atoms with Crippen molar-refractivity contribution in [1.82, 2.24) is 0 Å². The van der Waals surface area contributed by atoms with Gasteiger partial charge in [-0.05, 0) is 17.7 Å². The average molecular weight is 248 g/mol. The Morgan fingerprint density at radius 2 is 2.17 bits per heavy atom. The van der Waals surface area contributed by atoms with Crippen LogP contribution in [0, 0.1) is 0 Å². The lowest BCUT2D eigenvalue weighted by Crippen LogP contribution is -3.16. The van der Waals surface area contributed by atoms with Gasteiger partial charge in [0.1, 0.15) is 12.3 Å². The maximum atomic E-state index is 11.5. The lowest BCUT2D eigenvalue weighted by atomic mass is 9.88. The number of rotatable bonds is 1. The summed E-state index contributed by atoms with van der Waals surface area (Å²) < 4.78 is 5.15. The lowest BCUT2D eigenvalue weighted by molar-refractivity contribution is -0.942. The van der Waals surface area contributed by atoms with Gasteiger partial charge in [-0.15, -0.1) is 0 Å². The molecule has 4 heteroatoms. The molecule has 1 aromatic carbocycles. The third kappa shape index (κ3) is 1.86. The molecule has 2 N–H and O–H groups in total. The second-order valence-electron chi connectivity index (χ2n) is 5.27. The molecular formula is C14H18NO3+. The van der Waals surface area contributed by atoms with Gasteiger partial charge in [0.2, 0.25) is 0 Å². The first-order valence-corrected chi connectivity index (χ1v) is 6.42. The quantitative estimate of drug-likeness (QED) is 0.739. The summed E-state index contributed by atoms with van der Waals surface area (Å²) in [6.07, 6.45) is 2.27. The third-order valence-corrected chi connectivity index (χ3v) is 4.16. The number of aromatic hydroxyl groups is 1. The minimum absolute atomic E-state index is 0.196. The predicted octanol–water partition coefficient (Wildman–Crippen LogP) is 0.0733. The minimum Gasteiger partial charge on any atom is -0.504 e. The van der Waals surface area contributed by atoms with Crippen LogP contribution in [0.5, 0.6) is 11.5 Å². The van der Waals surface area contributed by atoms with Gasteiger partial charge in [0, 0.05) is 12.0 Å². The number of phenols is 1. The topological polar surface area (TPSA) is 51.0 Å². The number of ketones is 1. The van der Waals surface area contributed by atoms with Gasteiger partial charge in [0.15, 0.2) is 11.5 Å². The summed E-state index contributed by atoms with van der Waals surface area (Å²) >= 11 is 0. The zero-order valence-electron chi connectivity index (χ0n) is 10.5. The van der Waals surface area contributed by atoms with E-state index in [0.717, 1.165) is 25.1 Å². The van der Waals surface area contributed by atoms with Crippen molar-refractivity contribution in [1.29, 1.82) is 0 Å². The standard InChI is InChI=1S/C14H17NO3/c1-18-14-6-10-8-15-3-2-12(16)7-11(15)4-9(10)5-13(14)17/h5-6,11,17H,2-4,7-8H2,1H3/p+1/t11-/m1/s1. The van der Waals surface area contributed by atoms with Crippen LogP contribution < -0.4 is 9.64 Å². The molecule has 2 atom stereocenters. The van der Waals surface area contributed by atoms with Crippen molar-refractivity contribution in [3.63, 3.8) is 0 Å². The van der Waals surface area contributed by atoms with Crippen LogP contribution in [-0.4, -0.2) is 30.6 Å². The number of phenolic OH excluding ortho intramolecular Hbond substituents is 1. The van der Waals surface area contributed by atoms with Crippen LogP contribution in [0.2, 0.25) is 0 Å². The van der Waals surface area contributed by atoms with Crippen molar-refractivity contribution in [2.75, 3.05) is 13.7 Å². The van der Waals surface area contributed by atoms with Gasteiger partial charge >= 0.3 is 0 Å². The zero-order chi connectivity index (χ0) is 12.7. The normalized spacial score (nSPS) is 26.4. The monoisotopic (exact) mass is 248 g/mol. The molecule has 1 fully saturated rings. The summed E-state index contributed by atoms with van der Waals surface area (Å²) in [6.45, 7) is 1.87. The van der Waals surface area contributed by atoms with Crippen molar-refractivity contribution >= 4 is 5.78 Å². The Bertz CT molecular complexity index is 498. The van der Waals surface area contributed by atoms with Crippen LogP contribution in [0.1, 0.15) is 24.0 Å². The minimum atomic E-state index is 0.196. The van der Waals surface area contributed by atoms with E-state index in [2.05, 4.69) is 0 Å². The van der Waals surface area contributed by atoms with Crippen molar-refractivity contribution in [3.05, 3.63) is 23.3 Å². The van der Waals surface area contributed by atoms with Crippen LogP contribution >= 0.6 is 0 Å². The molecule has 0 aromatic heterocycles. The van der Waals surface area contributed by atoms with Gasteiger partial charge < -0.3 is 14.7 Å². The van der Waals surface area contributed by atoms with Crippen LogP contribution in [0.15, 0.2) is 12.1 Å². The number of quaternary nitrogens is 1. The van der Waals surface area contributed by atoms with E-state index in [9.17, 15) is 9.90 Å². The van der Waals surface area contributed by atoms with Crippen LogP contribution in [0.4, 0.5) is 0 Å². The van der Waals surface area contributed by atoms with Gasteiger partial charge in [-0.3, -0.25) is 4.79 Å². The third-order valence-electron chi connectivity index (χ3n) is 4.16. The van der Waals surface area contributed by atoms with Gasteiger partial charge in [-0.25, -0.2) is 0 Å². The van der Waals surface area contributed by atoms with Crippen LogP contribution in [0.3, 0.4) is 0 Å². The summed E-state index contributed by atoms with van der Waals surface area (Å²) in [5, 5.41) is 9.82. The second-order valence-corrected chi connectivity index (χ2v) is 5.27. The number of piperidine rings is 1. The Morgan fingerprint density at radius 1 is 1.33 bits per heavy atom. The molecule has 1 saturated heterocycles. The SMILES string of the molecule is COc1cc2c(cc1O)C[C@@H]1CC(=O)CC[NH+]1C2. The molecule has 2 aliphatic heterocycles. The maximum Gasteiger partial charge on any atom is 0.160 e. The summed E-state index contributed by atoms with van der Waals surface area (Å²) in [7, 11) is 1.57. The first-order valence-electron chi connectivity index (χ1n) is 6.42. The van der Waals surface area contributed by atoms with E-state index in [4.69, 9.17) is 4.74 Å². The Kier molecular flexibility index (Phi) is 2.74. The summed E-state index contributed by atoms with van der Waals surface area (Å²) in [5.74, 6) is 1.12. The molecule has 2 heterocycles. The fraction of sp³-hybridized carbons (Fsp3) is 0.500. The molecule has 0 saturated carbocycles. The number of carbonyl (C=O) groups is 1. The largest absolute Gasteiger partial charge is 0.504 e. The number of Topliss-reactive ketones (excluding diaryl/α,β-unsaturated/α-hetero) is 1. The fourth-order valence-electron chi connectivity index (χ4n) is 3.16. The number of ether oxygens (including phenoxy) is 1. The molecule has 0 amide bonds. The van der Waals surface area contributed by atoms with Crippen LogP contribution in [0.25, 0.3) is 0 Å². The number of nitrogens with one attached hydrogen (secondary N) is 1. The lowest BCUT2D eigenvalue weighted by Gasteiger charge is -2.36. The molecule has 18 heavy (non-hydrogen) atoms. The molecule has 0 radical (unpaired) electrons. The fourth-order valence-corrected chi connectivity index (χ4v) is 3.16. The molecule has 0 aliphatic carbocycles. The number of carbonyl (C=O) groups excluding carboxylic acids is 1. The van der Waals surface area contributed by atoms with Gasteiger partial charge in [0.05, 0.1) is 32.5 Å². The molecule has 0 bridgehead atoms. The number of hydrogen-bond acceptors (Lipinski definition) is 3. The first-order chi connectivity index (χ1) is 8.67. The smallest absolute Gasteiger partial charge is 0.160 e. The van der Waals surface area contributed by atoms with Crippen molar-refractivity contribution < 1.29 is 19.5 Å². The Morgan fingerprint density at radius 3 is 2.94 bits per heavy atom. The maximum absolute atomic E-state index is 11.5. The number of hydrogen-bond donors (Lipinski definition) is 2. The summed E-state index contributed by atoms with van der Waals surface area (Å²) in [6, 6.07) is 4.13. The van der Waals surface area contributed by atoms with Crippen molar-refractivity contribution in [2.45, 2.75) is 31.8 Å². The van der Waals surface area contributed by atoms with E-state index in [1.54, 1.807) is 13.2 Å². The Hall–Kier alpha value is -1.55. The second kappa shape index (κ2) is 4.28. The first kappa shape index (κ1) is 11.5. The molecule has 1 unspecified atom stereocenters. The highest BCUT2D eigenvalue weighted by molar-refractivity contribution is 5.79. The number of benzene rings is 1. The summed E-state index contributed by atoms with van der Waals surface area (Å²) in [4.78, 5) is 13.0. The highest BCUT2D eigenvalue weighted by Gasteiger charge is 2.35. The predicted molar refractivity (Wildman–Crippen MR) is 65.9 cm³/mol. The van der Waals surface area contributed by atoms with Gasteiger partial charge in [-0.1, -0.05) is 0 Å². The van der Waals surface area contributed by atoms with Gasteiger partial charge in [-0.2, -0.15) is 0 Å². The van der Waals surface area contributed by atoms with Gasteiger partial charge in [0.25, 0.3) is 0 Å². The molecule has 3 rings (SSSR count). The van der Waals surface area contributed by atoms with E-state index < -0.39 is 0 Å². The Balaban J connectivity index is 1.93. The summed E-state index contributed by atoms with van der Waals surface area (Å²) in [5.41, 5.74) is 2.40. The molecular weight excluding hydrogens is 230 g/mol. The molecule has 1 aromatic rings. The average Bonchev–Trinajstić information content (AvgIpc) is 2.35. The zero-order valence-corrected chi connectivity index (χ0v) is 10.5. The number of fused-ring (bicyclic) bond motifs is 2. The molecule has 2 aliphatic rings. The Labute approximate surface area is 106 Å².